The van der Waals surface area contributed by atoms with Crippen molar-refractivity contribution in [3.05, 3.63) is 59.2 Å². The Morgan fingerprint density at radius 1 is 1.19 bits per heavy atom. The molecule has 1 amide bonds. The molecule has 6 nitrogen and oxygen atoms in total. The number of amides is 1. The zero-order valence-corrected chi connectivity index (χ0v) is 15.1. The minimum Gasteiger partial charge on any atom is -0.387 e. The molecule has 1 fully saturated rings. The first-order valence-electron chi connectivity index (χ1n) is 9.12. The van der Waals surface area contributed by atoms with Gasteiger partial charge in [-0.2, -0.15) is 0 Å². The van der Waals surface area contributed by atoms with Crippen molar-refractivity contribution in [3.63, 3.8) is 0 Å². The van der Waals surface area contributed by atoms with Crippen LogP contribution in [0.1, 0.15) is 33.7 Å². The summed E-state index contributed by atoms with van der Waals surface area (Å²) in [6, 6.07) is 8.48. The molecule has 1 N–H and O–H groups in total. The average Bonchev–Trinajstić information content (AvgIpc) is 3.03. The van der Waals surface area contributed by atoms with E-state index in [0.717, 1.165) is 25.2 Å². The lowest BCUT2D eigenvalue weighted by Gasteiger charge is -2.34. The smallest absolute Gasteiger partial charge is 0.274 e. The van der Waals surface area contributed by atoms with E-state index in [1.165, 1.54) is 17.3 Å². The van der Waals surface area contributed by atoms with E-state index in [0.29, 0.717) is 31.7 Å². The highest BCUT2D eigenvalue weighted by Crippen LogP contribution is 2.26. The van der Waals surface area contributed by atoms with Crippen LogP contribution in [0.3, 0.4) is 0 Å². The van der Waals surface area contributed by atoms with Crippen LogP contribution in [-0.2, 0) is 13.0 Å². The van der Waals surface area contributed by atoms with E-state index in [-0.39, 0.29) is 5.91 Å². The van der Waals surface area contributed by atoms with Gasteiger partial charge in [-0.15, -0.1) is 0 Å². The summed E-state index contributed by atoms with van der Waals surface area (Å²) in [6.45, 7) is 5.12. The number of nitrogens with zero attached hydrogens (tertiary/aromatic N) is 4. The van der Waals surface area contributed by atoms with Crippen molar-refractivity contribution in [3.8, 4) is 0 Å². The minimum atomic E-state index is -0.861. The van der Waals surface area contributed by atoms with Crippen LogP contribution in [0.5, 0.6) is 0 Å². The highest BCUT2D eigenvalue weighted by Gasteiger charge is 2.40. The number of aryl methyl sites for hydroxylation is 1. The molecule has 1 aromatic heterocycles. The maximum atomic E-state index is 12.6. The Balaban J connectivity index is 1.39. The van der Waals surface area contributed by atoms with Crippen molar-refractivity contribution < 1.29 is 9.90 Å². The number of aliphatic hydroxyl groups is 1. The highest BCUT2D eigenvalue weighted by atomic mass is 16.3. The van der Waals surface area contributed by atoms with Crippen molar-refractivity contribution in [1.29, 1.82) is 0 Å². The largest absolute Gasteiger partial charge is 0.387 e. The molecule has 0 bridgehead atoms. The molecular formula is C20H24N4O2. The molecule has 1 atom stereocenters. The summed E-state index contributed by atoms with van der Waals surface area (Å²) in [5.74, 6) is -0.155. The molecular weight excluding hydrogens is 328 g/mol. The molecule has 2 aromatic rings. The number of hydrogen-bond acceptors (Lipinski definition) is 5. The molecule has 2 aliphatic heterocycles. The van der Waals surface area contributed by atoms with Crippen LogP contribution in [-0.4, -0.2) is 62.6 Å². The van der Waals surface area contributed by atoms with Crippen LogP contribution in [0.2, 0.25) is 0 Å². The van der Waals surface area contributed by atoms with E-state index >= 15 is 0 Å². The molecule has 0 spiro atoms. The average molecular weight is 352 g/mol. The first-order valence-corrected chi connectivity index (χ1v) is 9.12. The van der Waals surface area contributed by atoms with Gasteiger partial charge >= 0.3 is 0 Å². The summed E-state index contributed by atoms with van der Waals surface area (Å²) in [7, 11) is 0. The number of hydrogen-bond donors (Lipinski definition) is 1. The molecule has 136 valence electrons. The van der Waals surface area contributed by atoms with E-state index in [2.05, 4.69) is 39.1 Å². The van der Waals surface area contributed by atoms with Gasteiger partial charge in [0, 0.05) is 32.4 Å². The predicted octanol–water partition coefficient (Wildman–Crippen LogP) is 1.42. The van der Waals surface area contributed by atoms with E-state index in [9.17, 15) is 9.90 Å². The molecule has 0 saturated carbocycles. The first kappa shape index (κ1) is 17.1. The van der Waals surface area contributed by atoms with Gasteiger partial charge in [0.1, 0.15) is 5.69 Å². The summed E-state index contributed by atoms with van der Waals surface area (Å²) in [6.07, 6.45) is 4.71. The molecule has 0 radical (unpaired) electrons. The van der Waals surface area contributed by atoms with E-state index in [1.807, 2.05) is 6.92 Å². The maximum Gasteiger partial charge on any atom is 0.274 e. The molecule has 1 aromatic carbocycles. The molecule has 2 aliphatic rings. The molecule has 1 saturated heterocycles. The first-order chi connectivity index (χ1) is 12.5. The Kier molecular flexibility index (Phi) is 4.46. The third-order valence-electron chi connectivity index (χ3n) is 5.35. The number of carbonyl (C=O) groups is 1. The Labute approximate surface area is 153 Å². The number of fused-ring (bicyclic) bond motifs is 1. The quantitative estimate of drug-likeness (QED) is 0.905. The van der Waals surface area contributed by atoms with Gasteiger partial charge in [-0.1, -0.05) is 24.3 Å². The second kappa shape index (κ2) is 6.78. The Morgan fingerprint density at radius 3 is 2.77 bits per heavy atom. The monoisotopic (exact) mass is 352 g/mol. The molecule has 6 heteroatoms. The summed E-state index contributed by atoms with van der Waals surface area (Å²) in [4.78, 5) is 24.9. The molecule has 4 rings (SSSR count). The lowest BCUT2D eigenvalue weighted by molar-refractivity contribution is 0.00799. The number of benzene rings is 1. The van der Waals surface area contributed by atoms with Gasteiger partial charge in [0.2, 0.25) is 0 Å². The Hall–Kier alpha value is -2.31. The van der Waals surface area contributed by atoms with Gasteiger partial charge in [-0.05, 0) is 30.9 Å². The molecule has 3 heterocycles. The van der Waals surface area contributed by atoms with Crippen molar-refractivity contribution in [1.82, 2.24) is 19.8 Å². The summed E-state index contributed by atoms with van der Waals surface area (Å²) in [5, 5.41) is 11.0. The van der Waals surface area contributed by atoms with E-state index in [4.69, 9.17) is 0 Å². The van der Waals surface area contributed by atoms with Gasteiger partial charge in [0.25, 0.3) is 5.91 Å². The van der Waals surface area contributed by atoms with Crippen LogP contribution in [0.25, 0.3) is 0 Å². The molecule has 26 heavy (non-hydrogen) atoms. The summed E-state index contributed by atoms with van der Waals surface area (Å²) in [5.41, 5.74) is 3.00. The van der Waals surface area contributed by atoms with Gasteiger partial charge in [-0.25, -0.2) is 4.98 Å². The lowest BCUT2D eigenvalue weighted by atomic mass is 9.97. The summed E-state index contributed by atoms with van der Waals surface area (Å²) >= 11 is 0. The number of likely N-dealkylation sites (tertiary alicyclic amines) is 1. The lowest BCUT2D eigenvalue weighted by Crippen LogP contribution is -2.47. The van der Waals surface area contributed by atoms with Crippen LogP contribution >= 0.6 is 0 Å². The fourth-order valence-electron chi connectivity index (χ4n) is 3.93. The van der Waals surface area contributed by atoms with Gasteiger partial charge in [0.05, 0.1) is 24.0 Å². The van der Waals surface area contributed by atoms with Crippen molar-refractivity contribution in [2.45, 2.75) is 31.9 Å². The zero-order chi connectivity index (χ0) is 18.1. The Bertz CT molecular complexity index is 808. The van der Waals surface area contributed by atoms with Crippen molar-refractivity contribution in [2.75, 3.05) is 26.2 Å². The van der Waals surface area contributed by atoms with Gasteiger partial charge < -0.3 is 10.0 Å². The van der Waals surface area contributed by atoms with E-state index in [1.54, 1.807) is 11.1 Å². The number of rotatable bonds is 3. The third-order valence-corrected chi connectivity index (χ3v) is 5.35. The predicted molar refractivity (Wildman–Crippen MR) is 97.7 cm³/mol. The van der Waals surface area contributed by atoms with Gasteiger partial charge in [0.15, 0.2) is 0 Å². The Morgan fingerprint density at radius 2 is 2.00 bits per heavy atom. The number of β-amino-alcohol motifs (C(OH)–C–C–N with tert-alkyl or cyclic N) is 1. The fourth-order valence-corrected chi connectivity index (χ4v) is 3.93. The maximum absolute atomic E-state index is 12.6. The van der Waals surface area contributed by atoms with Crippen molar-refractivity contribution >= 4 is 5.91 Å². The second-order valence-corrected chi connectivity index (χ2v) is 7.47. The highest BCUT2D eigenvalue weighted by molar-refractivity contribution is 5.92. The third kappa shape index (κ3) is 3.48. The van der Waals surface area contributed by atoms with Crippen LogP contribution in [0, 0.1) is 6.92 Å². The number of carbonyl (C=O) groups excluding carboxylic acids is 1. The van der Waals surface area contributed by atoms with Crippen LogP contribution < -0.4 is 0 Å². The standard InChI is InChI=1S/C20H24N4O2/c1-15-10-22-18(11-21-15)19(25)24-9-7-20(26,14-24)13-23-8-6-16-4-2-3-5-17(16)12-23/h2-5,10-11,26H,6-9,12-14H2,1H3/t20-/m1/s1. The SMILES string of the molecule is Cc1cnc(C(=O)N2CC[C@@](O)(CN3CCc4ccccc4C3)C2)cn1. The fraction of sp³-hybridized carbons (Fsp3) is 0.450. The topological polar surface area (TPSA) is 69.6 Å². The van der Waals surface area contributed by atoms with Crippen molar-refractivity contribution in [2.24, 2.45) is 0 Å². The normalized spacial score (nSPS) is 23.1. The summed E-state index contributed by atoms with van der Waals surface area (Å²) < 4.78 is 0. The second-order valence-electron chi connectivity index (χ2n) is 7.47. The number of aromatic nitrogens is 2. The van der Waals surface area contributed by atoms with Crippen LogP contribution in [0.15, 0.2) is 36.7 Å². The minimum absolute atomic E-state index is 0.155. The molecule has 0 unspecified atom stereocenters. The van der Waals surface area contributed by atoms with Crippen LogP contribution in [0.4, 0.5) is 0 Å². The zero-order valence-electron chi connectivity index (χ0n) is 15.1. The molecule has 0 aliphatic carbocycles. The van der Waals surface area contributed by atoms with Gasteiger partial charge in [-0.3, -0.25) is 14.7 Å². The van der Waals surface area contributed by atoms with E-state index < -0.39 is 5.60 Å².